The summed E-state index contributed by atoms with van der Waals surface area (Å²) >= 11 is 15.6. The smallest absolute Gasteiger partial charge is 0.234 e. The third-order valence-electron chi connectivity index (χ3n) is 2.40. The maximum atomic E-state index is 11.1. The summed E-state index contributed by atoms with van der Waals surface area (Å²) in [4.78, 5) is 11.1. The molecule has 3 N–H and O–H groups in total. The first-order valence-corrected chi connectivity index (χ1v) is 7.09. The van der Waals surface area contributed by atoms with Gasteiger partial charge in [-0.15, -0.1) is 5.10 Å². The summed E-state index contributed by atoms with van der Waals surface area (Å²) in [5.74, 6) is -0.265. The third kappa shape index (κ3) is 3.49. The first kappa shape index (κ1) is 15.2. The fourth-order valence-corrected chi connectivity index (χ4v) is 2.89. The topological polar surface area (TPSA) is 85.8 Å². The van der Waals surface area contributed by atoms with E-state index in [0.717, 1.165) is 4.47 Å². The van der Waals surface area contributed by atoms with Gasteiger partial charge in [0, 0.05) is 4.47 Å². The zero-order valence-corrected chi connectivity index (χ0v) is 13.2. The van der Waals surface area contributed by atoms with Crippen molar-refractivity contribution in [3.63, 3.8) is 0 Å². The van der Waals surface area contributed by atoms with Gasteiger partial charge in [0.15, 0.2) is 0 Å². The van der Waals surface area contributed by atoms with Crippen molar-refractivity contribution in [2.75, 3.05) is 6.54 Å². The lowest BCUT2D eigenvalue weighted by molar-refractivity contribution is -0.119. The van der Waals surface area contributed by atoms with Crippen molar-refractivity contribution in [3.8, 4) is 5.69 Å². The van der Waals surface area contributed by atoms with E-state index in [1.54, 1.807) is 18.3 Å². The average molecular weight is 379 g/mol. The third-order valence-corrected chi connectivity index (χ3v) is 3.44. The van der Waals surface area contributed by atoms with Crippen molar-refractivity contribution in [2.45, 2.75) is 6.54 Å². The molecule has 0 unspecified atom stereocenters. The fourth-order valence-electron chi connectivity index (χ4n) is 1.50. The van der Waals surface area contributed by atoms with Crippen LogP contribution in [0.5, 0.6) is 0 Å². The van der Waals surface area contributed by atoms with Gasteiger partial charge >= 0.3 is 0 Å². The molecular formula is C11H10BrCl2N5O. The number of carbonyl (C=O) groups excluding carboxylic acids is 1. The lowest BCUT2D eigenvalue weighted by Gasteiger charge is -2.06. The molecule has 0 radical (unpaired) electrons. The number of rotatable bonds is 4. The molecule has 1 aromatic heterocycles. The molecule has 0 aliphatic rings. The summed E-state index contributed by atoms with van der Waals surface area (Å²) < 4.78 is 2.23. The Bertz CT molecular complexity index is 622. The molecule has 1 amide bonds. The van der Waals surface area contributed by atoms with Crippen molar-refractivity contribution in [1.29, 1.82) is 0 Å². The van der Waals surface area contributed by atoms with E-state index in [4.69, 9.17) is 28.9 Å². The zero-order chi connectivity index (χ0) is 14.7. The molecule has 106 valence electrons. The number of nitrogens with one attached hydrogen (secondary N) is 1. The largest absolute Gasteiger partial charge is 0.349 e. The van der Waals surface area contributed by atoms with E-state index < -0.39 is 0 Å². The highest BCUT2D eigenvalue weighted by atomic mass is 79.9. The van der Waals surface area contributed by atoms with E-state index in [9.17, 15) is 4.79 Å². The Hall–Kier alpha value is -1.15. The highest BCUT2D eigenvalue weighted by molar-refractivity contribution is 9.10. The molecule has 1 aromatic carbocycles. The fraction of sp³-hybridized carbons (Fsp3) is 0.182. The second kappa shape index (κ2) is 6.53. The minimum Gasteiger partial charge on any atom is -0.349 e. The number of benzene rings is 1. The first-order chi connectivity index (χ1) is 9.51. The predicted octanol–water partition coefficient (Wildman–Crippen LogP) is 1.91. The van der Waals surface area contributed by atoms with Crippen LogP contribution in [-0.2, 0) is 11.3 Å². The van der Waals surface area contributed by atoms with Gasteiger partial charge in [0.25, 0.3) is 0 Å². The Labute approximate surface area is 133 Å². The Morgan fingerprint density at radius 2 is 2.05 bits per heavy atom. The van der Waals surface area contributed by atoms with Crippen LogP contribution in [0.25, 0.3) is 5.69 Å². The van der Waals surface area contributed by atoms with Gasteiger partial charge in [0.2, 0.25) is 5.91 Å². The number of hydrogen-bond donors (Lipinski definition) is 2. The van der Waals surface area contributed by atoms with Crippen LogP contribution in [0.1, 0.15) is 5.69 Å². The number of nitrogens with zero attached hydrogens (tertiary/aromatic N) is 3. The second-order valence-electron chi connectivity index (χ2n) is 3.85. The van der Waals surface area contributed by atoms with Gasteiger partial charge in [0.05, 0.1) is 29.3 Å². The SMILES string of the molecule is NCC(=O)NCc1cn(-c2c(Cl)cc(Br)cc2Cl)nn1. The van der Waals surface area contributed by atoms with Gasteiger partial charge in [-0.2, -0.15) is 0 Å². The number of carbonyl (C=O) groups is 1. The molecule has 20 heavy (non-hydrogen) atoms. The number of amides is 1. The number of nitrogens with two attached hydrogens (primary N) is 1. The Balaban J connectivity index is 2.23. The molecule has 0 spiro atoms. The zero-order valence-electron chi connectivity index (χ0n) is 10.1. The van der Waals surface area contributed by atoms with Crippen molar-refractivity contribution in [2.24, 2.45) is 5.73 Å². The van der Waals surface area contributed by atoms with Gasteiger partial charge < -0.3 is 11.1 Å². The highest BCUT2D eigenvalue weighted by Crippen LogP contribution is 2.31. The van der Waals surface area contributed by atoms with Gasteiger partial charge in [-0.05, 0) is 12.1 Å². The first-order valence-electron chi connectivity index (χ1n) is 5.54. The van der Waals surface area contributed by atoms with Crippen molar-refractivity contribution in [1.82, 2.24) is 20.3 Å². The molecule has 2 aromatic rings. The van der Waals surface area contributed by atoms with E-state index in [1.807, 2.05) is 0 Å². The molecule has 9 heteroatoms. The molecule has 0 atom stereocenters. The number of hydrogen-bond acceptors (Lipinski definition) is 4. The summed E-state index contributed by atoms with van der Waals surface area (Å²) in [5.41, 5.74) is 6.29. The van der Waals surface area contributed by atoms with Gasteiger partial charge in [-0.1, -0.05) is 44.3 Å². The van der Waals surface area contributed by atoms with Crippen molar-refractivity contribution >= 4 is 45.0 Å². The lowest BCUT2D eigenvalue weighted by Crippen LogP contribution is -2.29. The molecule has 2 rings (SSSR count). The van der Waals surface area contributed by atoms with Crippen LogP contribution in [0.2, 0.25) is 10.0 Å². The van der Waals surface area contributed by atoms with Crippen molar-refractivity contribution < 1.29 is 4.79 Å². The monoisotopic (exact) mass is 377 g/mol. The minimum absolute atomic E-state index is 0.0709. The Morgan fingerprint density at radius 1 is 1.40 bits per heavy atom. The quantitative estimate of drug-likeness (QED) is 0.850. The standard InChI is InChI=1S/C11H10BrCl2N5O/c12-6-1-8(13)11(9(14)2-6)19-5-7(17-18-19)4-16-10(20)3-15/h1-2,5H,3-4,15H2,(H,16,20). The van der Waals surface area contributed by atoms with Crippen LogP contribution in [0, 0.1) is 0 Å². The van der Waals surface area contributed by atoms with E-state index in [2.05, 4.69) is 31.6 Å². The molecule has 0 aliphatic heterocycles. The normalized spacial score (nSPS) is 10.6. The lowest BCUT2D eigenvalue weighted by atomic mass is 10.3. The second-order valence-corrected chi connectivity index (χ2v) is 5.58. The van der Waals surface area contributed by atoms with Gasteiger partial charge in [-0.25, -0.2) is 4.68 Å². The molecular weight excluding hydrogens is 369 g/mol. The molecule has 0 fully saturated rings. The summed E-state index contributed by atoms with van der Waals surface area (Å²) in [6.07, 6.45) is 1.64. The Morgan fingerprint density at radius 3 is 2.65 bits per heavy atom. The van der Waals surface area contributed by atoms with Crippen LogP contribution in [0.15, 0.2) is 22.8 Å². The number of aromatic nitrogens is 3. The maximum absolute atomic E-state index is 11.1. The summed E-state index contributed by atoms with van der Waals surface area (Å²) in [7, 11) is 0. The van der Waals surface area contributed by atoms with Gasteiger partial charge in [-0.3, -0.25) is 4.79 Å². The van der Waals surface area contributed by atoms with Crippen LogP contribution < -0.4 is 11.1 Å². The van der Waals surface area contributed by atoms with Gasteiger partial charge in [0.1, 0.15) is 11.4 Å². The van der Waals surface area contributed by atoms with E-state index in [-0.39, 0.29) is 19.0 Å². The molecule has 6 nitrogen and oxygen atoms in total. The molecule has 0 aliphatic carbocycles. The van der Waals surface area contributed by atoms with Crippen LogP contribution >= 0.6 is 39.1 Å². The summed E-state index contributed by atoms with van der Waals surface area (Å²) in [5, 5.41) is 11.3. The predicted molar refractivity (Wildman–Crippen MR) is 80.0 cm³/mol. The van der Waals surface area contributed by atoms with Crippen LogP contribution in [0.4, 0.5) is 0 Å². The van der Waals surface area contributed by atoms with E-state index in [1.165, 1.54) is 4.68 Å². The average Bonchev–Trinajstić information content (AvgIpc) is 2.83. The van der Waals surface area contributed by atoms with E-state index >= 15 is 0 Å². The van der Waals surface area contributed by atoms with Crippen molar-refractivity contribution in [3.05, 3.63) is 38.5 Å². The highest BCUT2D eigenvalue weighted by Gasteiger charge is 2.12. The van der Waals surface area contributed by atoms with E-state index in [0.29, 0.717) is 21.4 Å². The molecule has 0 saturated carbocycles. The van der Waals surface area contributed by atoms with Crippen LogP contribution in [-0.4, -0.2) is 27.4 Å². The molecule has 0 saturated heterocycles. The summed E-state index contributed by atoms with van der Waals surface area (Å²) in [6.45, 7) is 0.167. The minimum atomic E-state index is -0.265. The number of halogens is 3. The van der Waals surface area contributed by atoms with Crippen LogP contribution in [0.3, 0.4) is 0 Å². The maximum Gasteiger partial charge on any atom is 0.234 e. The Kier molecular flexibility index (Phi) is 4.98. The molecule has 0 bridgehead atoms. The summed E-state index contributed by atoms with van der Waals surface area (Å²) in [6, 6.07) is 3.42. The molecule has 1 heterocycles.